The summed E-state index contributed by atoms with van der Waals surface area (Å²) >= 11 is 0. The van der Waals surface area contributed by atoms with Gasteiger partial charge in [0.15, 0.2) is 11.9 Å². The molecule has 1 aromatic carbocycles. The maximum Gasteiger partial charge on any atom is 0.366 e. The van der Waals surface area contributed by atoms with E-state index in [-0.39, 0.29) is 17.5 Å². The van der Waals surface area contributed by atoms with Crippen LogP contribution < -0.4 is 9.64 Å². The number of nitro groups is 1. The number of ether oxygens (including phenoxy) is 1. The van der Waals surface area contributed by atoms with Gasteiger partial charge in [-0.05, 0) is 41.3 Å². The lowest BCUT2D eigenvalue weighted by molar-refractivity contribution is -0.389. The number of rotatable bonds is 5. The highest BCUT2D eigenvalue weighted by molar-refractivity contribution is 5.98. The maximum absolute atomic E-state index is 12.4. The highest BCUT2D eigenvalue weighted by Crippen LogP contribution is 2.34. The second-order valence-electron chi connectivity index (χ2n) is 5.59. The molecule has 7 nitrogen and oxygen atoms in total. The van der Waals surface area contributed by atoms with Crippen LogP contribution in [0.4, 0.5) is 11.6 Å². The average Bonchev–Trinajstić information content (AvgIpc) is 2.58. The van der Waals surface area contributed by atoms with Gasteiger partial charge in [-0.3, -0.25) is 9.69 Å². The number of pyridine rings is 1. The zero-order valence-electron chi connectivity index (χ0n) is 13.2. The minimum absolute atomic E-state index is 0.223. The fourth-order valence-electron chi connectivity index (χ4n) is 2.68. The van der Waals surface area contributed by atoms with Crippen molar-refractivity contribution in [1.82, 2.24) is 4.98 Å². The fourth-order valence-corrected chi connectivity index (χ4v) is 2.68. The Bertz CT molecular complexity index is 764. The van der Waals surface area contributed by atoms with Crippen LogP contribution in [-0.2, 0) is 11.2 Å². The minimum Gasteiger partial charge on any atom is -0.475 e. The van der Waals surface area contributed by atoms with Crippen molar-refractivity contribution in [2.75, 3.05) is 11.4 Å². The topological polar surface area (TPSA) is 85.6 Å². The number of aromatic nitrogens is 1. The van der Waals surface area contributed by atoms with E-state index in [0.29, 0.717) is 12.3 Å². The van der Waals surface area contributed by atoms with Gasteiger partial charge in [0, 0.05) is 12.6 Å². The summed E-state index contributed by atoms with van der Waals surface area (Å²) in [7, 11) is 0. The third kappa shape index (κ3) is 3.19. The van der Waals surface area contributed by atoms with Crippen molar-refractivity contribution in [3.05, 3.63) is 58.1 Å². The van der Waals surface area contributed by atoms with Crippen LogP contribution in [0.1, 0.15) is 18.9 Å². The number of fused-ring (bicyclic) bond motifs is 1. The van der Waals surface area contributed by atoms with E-state index in [2.05, 4.69) is 4.98 Å². The zero-order chi connectivity index (χ0) is 17.1. The number of hydrogen-bond acceptors (Lipinski definition) is 5. The SMILES string of the molecule is CC1Oc2ccc([N+](=O)[O-])nc2N(CCCc2ccccc2)C1=O. The molecule has 0 fully saturated rings. The van der Waals surface area contributed by atoms with Gasteiger partial charge >= 0.3 is 5.82 Å². The number of hydrogen-bond donors (Lipinski definition) is 0. The van der Waals surface area contributed by atoms with E-state index in [1.807, 2.05) is 30.3 Å². The predicted octanol–water partition coefficient (Wildman–Crippen LogP) is 2.74. The van der Waals surface area contributed by atoms with E-state index in [4.69, 9.17) is 4.74 Å². The smallest absolute Gasteiger partial charge is 0.366 e. The molecule has 0 bridgehead atoms. The van der Waals surface area contributed by atoms with Crippen molar-refractivity contribution in [3.8, 4) is 5.75 Å². The molecule has 7 heteroatoms. The molecule has 0 radical (unpaired) electrons. The average molecular weight is 327 g/mol. The van der Waals surface area contributed by atoms with Gasteiger partial charge in [0.2, 0.25) is 0 Å². The van der Waals surface area contributed by atoms with Crippen LogP contribution >= 0.6 is 0 Å². The Kier molecular flexibility index (Phi) is 4.41. The van der Waals surface area contributed by atoms with Crippen LogP contribution in [0.25, 0.3) is 0 Å². The zero-order valence-corrected chi connectivity index (χ0v) is 13.2. The van der Waals surface area contributed by atoms with E-state index in [1.54, 1.807) is 6.92 Å². The highest BCUT2D eigenvalue weighted by atomic mass is 16.6. The lowest BCUT2D eigenvalue weighted by Crippen LogP contribution is -2.45. The van der Waals surface area contributed by atoms with Crippen molar-refractivity contribution >= 4 is 17.5 Å². The Morgan fingerprint density at radius 2 is 2.00 bits per heavy atom. The summed E-state index contributed by atoms with van der Waals surface area (Å²) < 4.78 is 5.50. The highest BCUT2D eigenvalue weighted by Gasteiger charge is 2.36. The Morgan fingerprint density at radius 1 is 1.25 bits per heavy atom. The van der Waals surface area contributed by atoms with Crippen LogP contribution in [-0.4, -0.2) is 28.5 Å². The molecule has 3 rings (SSSR count). The van der Waals surface area contributed by atoms with Gasteiger partial charge in [0.05, 0.1) is 0 Å². The second kappa shape index (κ2) is 6.66. The van der Waals surface area contributed by atoms with E-state index in [1.165, 1.54) is 22.6 Å². The first-order valence-corrected chi connectivity index (χ1v) is 7.73. The molecule has 0 saturated carbocycles. The van der Waals surface area contributed by atoms with Crippen molar-refractivity contribution in [2.24, 2.45) is 0 Å². The molecule has 0 aliphatic carbocycles. The Hall–Kier alpha value is -2.96. The molecule has 2 heterocycles. The molecule has 1 amide bonds. The summed E-state index contributed by atoms with van der Waals surface area (Å²) in [6.07, 6.45) is 0.911. The summed E-state index contributed by atoms with van der Waals surface area (Å²) in [5, 5.41) is 10.9. The fraction of sp³-hybridized carbons (Fsp3) is 0.294. The van der Waals surface area contributed by atoms with Gasteiger partial charge in [-0.2, -0.15) is 0 Å². The van der Waals surface area contributed by atoms with Crippen molar-refractivity contribution in [2.45, 2.75) is 25.9 Å². The Morgan fingerprint density at radius 3 is 2.71 bits per heavy atom. The summed E-state index contributed by atoms with van der Waals surface area (Å²) in [6, 6.07) is 12.7. The van der Waals surface area contributed by atoms with Crippen LogP contribution in [0, 0.1) is 10.1 Å². The number of amides is 1. The predicted molar refractivity (Wildman–Crippen MR) is 88.1 cm³/mol. The minimum atomic E-state index is -0.627. The van der Waals surface area contributed by atoms with Crippen LogP contribution in [0.15, 0.2) is 42.5 Å². The third-order valence-electron chi connectivity index (χ3n) is 3.87. The van der Waals surface area contributed by atoms with Gasteiger partial charge in [-0.1, -0.05) is 30.3 Å². The number of aryl methyl sites for hydroxylation is 1. The molecule has 1 unspecified atom stereocenters. The van der Waals surface area contributed by atoms with Crippen molar-refractivity contribution in [3.63, 3.8) is 0 Å². The lowest BCUT2D eigenvalue weighted by Gasteiger charge is -2.29. The van der Waals surface area contributed by atoms with Crippen LogP contribution in [0.3, 0.4) is 0 Å². The van der Waals surface area contributed by atoms with E-state index >= 15 is 0 Å². The summed E-state index contributed by atoms with van der Waals surface area (Å²) in [5.41, 5.74) is 1.18. The van der Waals surface area contributed by atoms with Gasteiger partial charge in [-0.15, -0.1) is 0 Å². The van der Waals surface area contributed by atoms with Crippen molar-refractivity contribution < 1.29 is 14.5 Å². The number of carbonyl (C=O) groups excluding carboxylic acids is 1. The monoisotopic (exact) mass is 327 g/mol. The molecular formula is C17H17N3O4. The molecule has 0 spiro atoms. The van der Waals surface area contributed by atoms with Crippen LogP contribution in [0.2, 0.25) is 0 Å². The number of anilines is 1. The quantitative estimate of drug-likeness (QED) is 0.622. The van der Waals surface area contributed by atoms with E-state index < -0.39 is 11.0 Å². The van der Waals surface area contributed by atoms with Crippen molar-refractivity contribution in [1.29, 1.82) is 0 Å². The van der Waals surface area contributed by atoms with Gasteiger partial charge in [0.1, 0.15) is 0 Å². The third-order valence-corrected chi connectivity index (χ3v) is 3.87. The molecule has 1 aliphatic heterocycles. The first-order chi connectivity index (χ1) is 11.6. The molecule has 0 saturated heterocycles. The first-order valence-electron chi connectivity index (χ1n) is 7.73. The van der Waals surface area contributed by atoms with Gasteiger partial charge in [0.25, 0.3) is 11.7 Å². The summed E-state index contributed by atoms with van der Waals surface area (Å²) in [5.74, 6) is 0.0871. The molecule has 0 N–H and O–H groups in total. The first kappa shape index (κ1) is 15.9. The lowest BCUT2D eigenvalue weighted by atomic mass is 10.1. The van der Waals surface area contributed by atoms with E-state index in [0.717, 1.165) is 12.8 Å². The van der Waals surface area contributed by atoms with Gasteiger partial charge in [-0.25, -0.2) is 0 Å². The molecule has 124 valence electrons. The van der Waals surface area contributed by atoms with Gasteiger partial charge < -0.3 is 14.9 Å². The maximum atomic E-state index is 12.4. The molecular weight excluding hydrogens is 310 g/mol. The standard InChI is InChI=1S/C17H17N3O4/c1-12-17(21)19(11-5-8-13-6-3-2-4-7-13)16-14(24-12)9-10-15(18-16)20(22)23/h2-4,6-7,9-10,12H,5,8,11H2,1H3. The number of nitrogens with zero attached hydrogens (tertiary/aromatic N) is 3. The summed E-state index contributed by atoms with van der Waals surface area (Å²) in [6.45, 7) is 2.10. The Balaban J connectivity index is 1.79. The largest absolute Gasteiger partial charge is 0.475 e. The molecule has 1 aliphatic rings. The number of carbonyl (C=O) groups is 1. The Labute approximate surface area is 139 Å². The van der Waals surface area contributed by atoms with Crippen LogP contribution in [0.5, 0.6) is 5.75 Å². The molecule has 1 atom stereocenters. The normalized spacial score (nSPS) is 16.5. The van der Waals surface area contributed by atoms with E-state index in [9.17, 15) is 14.9 Å². The summed E-state index contributed by atoms with van der Waals surface area (Å²) in [4.78, 5) is 28.2. The molecule has 24 heavy (non-hydrogen) atoms. The number of benzene rings is 1. The molecule has 2 aromatic rings. The second-order valence-corrected chi connectivity index (χ2v) is 5.59. The molecule has 1 aromatic heterocycles.